The third kappa shape index (κ3) is 6.76. The summed E-state index contributed by atoms with van der Waals surface area (Å²) in [6, 6.07) is 31.1. The number of ketones is 2. The van der Waals surface area contributed by atoms with Gasteiger partial charge in [-0.2, -0.15) is 0 Å². The van der Waals surface area contributed by atoms with Crippen LogP contribution in [0.25, 0.3) is 0 Å². The highest BCUT2D eigenvalue weighted by Gasteiger charge is 2.09. The Morgan fingerprint density at radius 2 is 0.848 bits per heavy atom. The SMILES string of the molecule is O=C(Cc1ccc(Sc2ccc(CC(=O)c3ccc(Br)cc3)cc2)cc1)c1ccc(Br)cc1. The molecule has 0 atom stereocenters. The highest BCUT2D eigenvalue weighted by atomic mass is 79.9. The van der Waals surface area contributed by atoms with Gasteiger partial charge in [0.25, 0.3) is 0 Å². The molecule has 0 radical (unpaired) electrons. The second-order valence-electron chi connectivity index (χ2n) is 7.60. The van der Waals surface area contributed by atoms with Crippen LogP contribution in [0.2, 0.25) is 0 Å². The van der Waals surface area contributed by atoms with Gasteiger partial charge in [0, 0.05) is 42.7 Å². The molecule has 0 saturated carbocycles. The lowest BCUT2D eigenvalue weighted by molar-refractivity contribution is 0.0984. The lowest BCUT2D eigenvalue weighted by atomic mass is 10.0. The molecule has 0 amide bonds. The minimum Gasteiger partial charge on any atom is -0.294 e. The average molecular weight is 580 g/mol. The van der Waals surface area contributed by atoms with Crippen LogP contribution < -0.4 is 0 Å². The molecule has 0 unspecified atom stereocenters. The van der Waals surface area contributed by atoms with Crippen LogP contribution in [0.4, 0.5) is 0 Å². The monoisotopic (exact) mass is 578 g/mol. The maximum atomic E-state index is 12.5. The molecule has 33 heavy (non-hydrogen) atoms. The van der Waals surface area contributed by atoms with E-state index in [-0.39, 0.29) is 11.6 Å². The summed E-state index contributed by atoms with van der Waals surface area (Å²) in [5.41, 5.74) is 3.42. The largest absolute Gasteiger partial charge is 0.294 e. The summed E-state index contributed by atoms with van der Waals surface area (Å²) >= 11 is 8.44. The molecule has 0 saturated heterocycles. The molecule has 4 aromatic rings. The van der Waals surface area contributed by atoms with Gasteiger partial charge in [-0.05, 0) is 59.7 Å². The number of halogens is 2. The van der Waals surface area contributed by atoms with Gasteiger partial charge in [-0.25, -0.2) is 0 Å². The van der Waals surface area contributed by atoms with Crippen molar-refractivity contribution < 1.29 is 9.59 Å². The van der Waals surface area contributed by atoms with Gasteiger partial charge in [0.1, 0.15) is 0 Å². The second kappa shape index (κ2) is 11.1. The Labute approximate surface area is 214 Å². The van der Waals surface area contributed by atoms with Crippen LogP contribution in [-0.4, -0.2) is 11.6 Å². The third-order valence-corrected chi connectivity index (χ3v) is 7.22. The molecule has 4 aromatic carbocycles. The van der Waals surface area contributed by atoms with E-state index in [0.29, 0.717) is 12.8 Å². The van der Waals surface area contributed by atoms with E-state index in [1.807, 2.05) is 97.1 Å². The van der Waals surface area contributed by atoms with Crippen molar-refractivity contribution in [1.82, 2.24) is 0 Å². The molecule has 2 nitrogen and oxygen atoms in total. The van der Waals surface area contributed by atoms with Gasteiger partial charge in [0.15, 0.2) is 11.6 Å². The Morgan fingerprint density at radius 3 is 1.18 bits per heavy atom. The summed E-state index contributed by atoms with van der Waals surface area (Å²) in [6.07, 6.45) is 0.765. The molecule has 0 aliphatic heterocycles. The first kappa shape index (κ1) is 23.7. The Hall–Kier alpha value is -2.47. The van der Waals surface area contributed by atoms with E-state index in [1.54, 1.807) is 11.8 Å². The molecule has 0 bridgehead atoms. The van der Waals surface area contributed by atoms with Crippen molar-refractivity contribution in [3.8, 4) is 0 Å². The Balaban J connectivity index is 1.33. The van der Waals surface area contributed by atoms with E-state index in [2.05, 4.69) is 31.9 Å². The fraction of sp³-hybridized carbons (Fsp3) is 0.0714. The molecular weight excluding hydrogens is 560 g/mol. The van der Waals surface area contributed by atoms with E-state index < -0.39 is 0 Å². The molecule has 0 N–H and O–H groups in total. The smallest absolute Gasteiger partial charge is 0.167 e. The summed E-state index contributed by atoms with van der Waals surface area (Å²) in [5.74, 6) is 0.215. The zero-order valence-electron chi connectivity index (χ0n) is 17.6. The predicted molar refractivity (Wildman–Crippen MR) is 141 cm³/mol. The average Bonchev–Trinajstić information content (AvgIpc) is 2.82. The molecule has 5 heteroatoms. The van der Waals surface area contributed by atoms with Crippen molar-refractivity contribution >= 4 is 55.2 Å². The second-order valence-corrected chi connectivity index (χ2v) is 10.6. The van der Waals surface area contributed by atoms with Crippen molar-refractivity contribution in [2.75, 3.05) is 0 Å². The molecule has 0 aliphatic carbocycles. The van der Waals surface area contributed by atoms with Crippen LogP contribution in [0.3, 0.4) is 0 Å². The van der Waals surface area contributed by atoms with Gasteiger partial charge >= 0.3 is 0 Å². The van der Waals surface area contributed by atoms with Gasteiger partial charge in [-0.3, -0.25) is 9.59 Å². The Bertz CT molecular complexity index is 1150. The van der Waals surface area contributed by atoms with E-state index in [0.717, 1.165) is 41.0 Å². The van der Waals surface area contributed by atoms with E-state index in [4.69, 9.17) is 0 Å². The van der Waals surface area contributed by atoms with Gasteiger partial charge < -0.3 is 0 Å². The van der Waals surface area contributed by atoms with Crippen LogP contribution in [0.1, 0.15) is 31.8 Å². The number of benzene rings is 4. The first-order valence-electron chi connectivity index (χ1n) is 10.4. The summed E-state index contributed by atoms with van der Waals surface area (Å²) in [6.45, 7) is 0. The highest BCUT2D eigenvalue weighted by molar-refractivity contribution is 9.10. The van der Waals surface area contributed by atoms with E-state index >= 15 is 0 Å². The Morgan fingerprint density at radius 1 is 0.515 bits per heavy atom. The normalized spacial score (nSPS) is 10.7. The van der Waals surface area contributed by atoms with Crippen molar-refractivity contribution in [2.24, 2.45) is 0 Å². The van der Waals surface area contributed by atoms with E-state index in [9.17, 15) is 9.59 Å². The number of Topliss-reactive ketones (excluding diaryl/α,β-unsaturated/α-hetero) is 2. The van der Waals surface area contributed by atoms with Gasteiger partial charge in [0.05, 0.1) is 0 Å². The molecular formula is C28H20Br2O2S. The quantitative estimate of drug-likeness (QED) is 0.197. The van der Waals surface area contributed by atoms with Gasteiger partial charge in [-0.15, -0.1) is 0 Å². The maximum absolute atomic E-state index is 12.5. The standard InChI is InChI=1S/C28H20Br2O2S/c29-23-9-5-21(6-10-23)27(31)17-19-1-13-25(14-2-19)33-26-15-3-20(4-16-26)18-28(32)22-7-11-24(30)12-8-22/h1-16H,17-18H2. The van der Waals surface area contributed by atoms with Gasteiger partial charge in [-0.1, -0.05) is 92.2 Å². The molecule has 0 heterocycles. The molecule has 4 rings (SSSR count). The fourth-order valence-corrected chi connectivity index (χ4v) is 4.68. The number of carbonyl (C=O) groups is 2. The van der Waals surface area contributed by atoms with Crippen molar-refractivity contribution in [1.29, 1.82) is 0 Å². The minimum absolute atomic E-state index is 0.108. The number of carbonyl (C=O) groups excluding carboxylic acids is 2. The third-order valence-electron chi connectivity index (χ3n) is 5.14. The zero-order valence-corrected chi connectivity index (χ0v) is 21.6. The molecule has 0 aliphatic rings. The summed E-state index contributed by atoms with van der Waals surface area (Å²) in [4.78, 5) is 27.1. The first-order chi connectivity index (χ1) is 16.0. The van der Waals surface area contributed by atoms with Crippen molar-refractivity contribution in [3.05, 3.63) is 128 Å². The lowest BCUT2D eigenvalue weighted by Gasteiger charge is -2.06. The molecule has 164 valence electrons. The summed E-state index contributed by atoms with van der Waals surface area (Å²) in [5, 5.41) is 0. The van der Waals surface area contributed by atoms with Crippen molar-refractivity contribution in [2.45, 2.75) is 22.6 Å². The predicted octanol–water partition coefficient (Wildman–Crippen LogP) is 8.21. The van der Waals surface area contributed by atoms with Crippen LogP contribution in [0.15, 0.2) is 116 Å². The van der Waals surface area contributed by atoms with Crippen LogP contribution in [0.5, 0.6) is 0 Å². The van der Waals surface area contributed by atoms with Gasteiger partial charge in [0.2, 0.25) is 0 Å². The zero-order chi connectivity index (χ0) is 23.2. The first-order valence-corrected chi connectivity index (χ1v) is 12.8. The number of hydrogen-bond acceptors (Lipinski definition) is 3. The summed E-state index contributed by atoms with van der Waals surface area (Å²) < 4.78 is 1.93. The molecule has 0 fully saturated rings. The number of hydrogen-bond donors (Lipinski definition) is 0. The fourth-order valence-electron chi connectivity index (χ4n) is 3.33. The Kier molecular flexibility index (Phi) is 7.97. The number of rotatable bonds is 8. The topological polar surface area (TPSA) is 34.1 Å². The van der Waals surface area contributed by atoms with Crippen molar-refractivity contribution in [3.63, 3.8) is 0 Å². The maximum Gasteiger partial charge on any atom is 0.167 e. The summed E-state index contributed by atoms with van der Waals surface area (Å²) in [7, 11) is 0. The van der Waals surface area contributed by atoms with E-state index in [1.165, 1.54) is 0 Å². The highest BCUT2D eigenvalue weighted by Crippen LogP contribution is 2.28. The molecule has 0 spiro atoms. The minimum atomic E-state index is 0.108. The van der Waals surface area contributed by atoms with Crippen LogP contribution >= 0.6 is 43.6 Å². The lowest BCUT2D eigenvalue weighted by Crippen LogP contribution is -2.03. The van der Waals surface area contributed by atoms with Crippen LogP contribution in [0, 0.1) is 0 Å². The van der Waals surface area contributed by atoms with Crippen LogP contribution in [-0.2, 0) is 12.8 Å². The molecule has 0 aromatic heterocycles.